The molecule has 0 aliphatic carbocycles. The van der Waals surface area contributed by atoms with Gasteiger partial charge in [0.05, 0.1) is 57.0 Å². The van der Waals surface area contributed by atoms with Crippen LogP contribution in [-0.2, 0) is 0 Å². The zero-order chi connectivity index (χ0) is 44.3. The molecule has 12 aromatic rings. The molecule has 0 N–H and O–H groups in total. The van der Waals surface area contributed by atoms with Crippen LogP contribution in [0, 0.1) is 18.2 Å². The van der Waals surface area contributed by atoms with Gasteiger partial charge in [-0.15, -0.1) is 0 Å². The molecule has 0 fully saturated rings. The summed E-state index contributed by atoms with van der Waals surface area (Å²) in [5.74, 6) is -1.44. The normalized spacial score (nSPS) is 11.5. The van der Waals surface area contributed by atoms with Crippen LogP contribution in [0.1, 0.15) is 0 Å². The van der Waals surface area contributed by atoms with Gasteiger partial charge in [-0.05, 0) is 89.0 Å². The first-order valence-corrected chi connectivity index (χ1v) is 21.6. The fourth-order valence-electron chi connectivity index (χ4n) is 9.60. The van der Waals surface area contributed by atoms with Gasteiger partial charge in [0.1, 0.15) is 11.6 Å². The molecular weight excluding hydrogens is 817 g/mol. The fourth-order valence-corrected chi connectivity index (χ4v) is 9.60. The molecule has 7 heteroatoms. The lowest BCUT2D eigenvalue weighted by molar-refractivity contribution is 0.589. The van der Waals surface area contributed by atoms with E-state index in [0.717, 1.165) is 88.4 Å². The van der Waals surface area contributed by atoms with E-state index in [9.17, 15) is 0 Å². The zero-order valence-electron chi connectivity index (χ0n) is 35.2. The number of hydrogen-bond donors (Lipinski definition) is 0. The van der Waals surface area contributed by atoms with Gasteiger partial charge in [-0.3, -0.25) is 9.97 Å². The second-order valence-electron chi connectivity index (χ2n) is 16.3. The maximum absolute atomic E-state index is 16.3. The minimum Gasteiger partial charge on any atom is -0.319 e. The highest BCUT2D eigenvalue weighted by Crippen LogP contribution is 2.47. The number of hydrogen-bond acceptors (Lipinski definition) is 2. The standard InChI is InChI=1S/C59H35F2N5/c1-62-58-54(65-52-21-10-8-17-43(52)45-25-23-39(35-55(45)65)41-29-31-63-50(33-41)37-13-4-2-5-14-37)28-27-47(57-48(60)19-12-20-49(57)61)59(58)66-53-22-11-9-18-44(53)46-26-24-40(36-56(46)66)42-30-32-64-51(34-42)38-15-6-3-7-16-38/h2-36H. The number of aromatic nitrogens is 4. The summed E-state index contributed by atoms with van der Waals surface area (Å²) in [6.07, 6.45) is 3.64. The number of fused-ring (bicyclic) bond motifs is 6. The summed E-state index contributed by atoms with van der Waals surface area (Å²) in [6, 6.07) is 64.6. The van der Waals surface area contributed by atoms with Crippen molar-refractivity contribution in [3.63, 3.8) is 0 Å². The topological polar surface area (TPSA) is 40.0 Å². The Morgan fingerprint density at radius 1 is 0.394 bits per heavy atom. The summed E-state index contributed by atoms with van der Waals surface area (Å²) in [7, 11) is 0. The van der Waals surface area contributed by atoms with Gasteiger partial charge in [-0.25, -0.2) is 13.6 Å². The first kappa shape index (κ1) is 38.7. The molecular formula is C59H35F2N5. The Morgan fingerprint density at radius 3 is 1.41 bits per heavy atom. The number of benzene rings is 8. The SMILES string of the molecule is [C-]#[N+]c1c(-n2c3ccccc3c3ccc(-c4ccnc(-c5ccccc5)c4)cc32)ccc(-c2c(F)cccc2F)c1-n1c2ccccc2c2ccc(-c3ccnc(-c4ccccc4)c3)cc21. The number of para-hydroxylation sites is 2. The Labute approximate surface area is 378 Å². The molecule has 5 nitrogen and oxygen atoms in total. The van der Waals surface area contributed by atoms with E-state index in [-0.39, 0.29) is 16.8 Å². The summed E-state index contributed by atoms with van der Waals surface area (Å²) >= 11 is 0. The molecule has 0 unspecified atom stereocenters. The van der Waals surface area contributed by atoms with Crippen LogP contribution in [0.3, 0.4) is 0 Å². The van der Waals surface area contributed by atoms with Crippen molar-refractivity contribution in [3.8, 4) is 67.3 Å². The molecule has 12 rings (SSSR count). The number of pyridine rings is 2. The van der Waals surface area contributed by atoms with Crippen LogP contribution in [0.5, 0.6) is 0 Å². The third kappa shape index (κ3) is 6.27. The average molecular weight is 852 g/mol. The molecule has 4 aromatic heterocycles. The molecule has 0 saturated carbocycles. The Balaban J connectivity index is 1.15. The lowest BCUT2D eigenvalue weighted by Gasteiger charge is -2.21. The summed E-state index contributed by atoms with van der Waals surface area (Å²) in [6.45, 7) is 9.09. The lowest BCUT2D eigenvalue weighted by Crippen LogP contribution is -2.04. The van der Waals surface area contributed by atoms with Crippen molar-refractivity contribution >= 4 is 49.3 Å². The fraction of sp³-hybridized carbons (Fsp3) is 0. The van der Waals surface area contributed by atoms with Gasteiger partial charge in [0.25, 0.3) is 0 Å². The highest BCUT2D eigenvalue weighted by Gasteiger charge is 2.27. The van der Waals surface area contributed by atoms with Crippen molar-refractivity contribution in [1.29, 1.82) is 0 Å². The molecule has 0 bridgehead atoms. The molecule has 4 heterocycles. The highest BCUT2D eigenvalue weighted by molar-refractivity contribution is 6.13. The van der Waals surface area contributed by atoms with Gasteiger partial charge in [0.15, 0.2) is 0 Å². The van der Waals surface area contributed by atoms with Crippen LogP contribution in [-0.4, -0.2) is 19.1 Å². The van der Waals surface area contributed by atoms with E-state index < -0.39 is 11.6 Å². The van der Waals surface area contributed by atoms with Crippen LogP contribution < -0.4 is 0 Å². The summed E-state index contributed by atoms with van der Waals surface area (Å²) in [5.41, 5.74) is 12.1. The minimum atomic E-state index is -0.722. The first-order chi connectivity index (χ1) is 32.5. The Kier molecular flexibility index (Phi) is 9.18. The van der Waals surface area contributed by atoms with E-state index in [1.807, 2.05) is 126 Å². The molecule has 310 valence electrons. The van der Waals surface area contributed by atoms with E-state index in [0.29, 0.717) is 11.4 Å². The van der Waals surface area contributed by atoms with Gasteiger partial charge in [0, 0.05) is 50.6 Å². The monoisotopic (exact) mass is 851 g/mol. The Hall–Kier alpha value is -8.99. The molecule has 0 aliphatic rings. The predicted molar refractivity (Wildman–Crippen MR) is 264 cm³/mol. The number of halogens is 2. The van der Waals surface area contributed by atoms with Gasteiger partial charge in [0.2, 0.25) is 5.69 Å². The molecule has 0 saturated heterocycles. The number of rotatable bonds is 7. The summed E-state index contributed by atoms with van der Waals surface area (Å²) in [4.78, 5) is 13.7. The Bertz CT molecular complexity index is 3900. The molecule has 0 radical (unpaired) electrons. The van der Waals surface area contributed by atoms with E-state index in [1.54, 1.807) is 6.07 Å². The second kappa shape index (κ2) is 15.7. The first-order valence-electron chi connectivity index (χ1n) is 21.6. The van der Waals surface area contributed by atoms with Crippen molar-refractivity contribution in [2.45, 2.75) is 0 Å². The lowest BCUT2D eigenvalue weighted by atomic mass is 9.99. The minimum absolute atomic E-state index is 0.205. The van der Waals surface area contributed by atoms with Gasteiger partial charge in [-0.1, -0.05) is 133 Å². The maximum Gasteiger partial charge on any atom is 0.234 e. The van der Waals surface area contributed by atoms with Crippen LogP contribution >= 0.6 is 0 Å². The van der Waals surface area contributed by atoms with Gasteiger partial charge >= 0.3 is 0 Å². The van der Waals surface area contributed by atoms with Crippen molar-refractivity contribution in [2.75, 3.05) is 0 Å². The predicted octanol–water partition coefficient (Wildman–Crippen LogP) is 15.8. The van der Waals surface area contributed by atoms with Crippen LogP contribution in [0.15, 0.2) is 213 Å². The summed E-state index contributed by atoms with van der Waals surface area (Å²) < 4.78 is 36.7. The zero-order valence-corrected chi connectivity index (χ0v) is 35.2. The van der Waals surface area contributed by atoms with Crippen LogP contribution in [0.4, 0.5) is 14.5 Å². The molecule has 0 atom stereocenters. The molecule has 66 heavy (non-hydrogen) atoms. The number of nitrogens with zero attached hydrogens (tertiary/aromatic N) is 5. The quantitative estimate of drug-likeness (QED) is 0.150. The molecule has 0 aliphatic heterocycles. The highest BCUT2D eigenvalue weighted by atomic mass is 19.1. The van der Waals surface area contributed by atoms with Crippen molar-refractivity contribution in [2.24, 2.45) is 0 Å². The third-order valence-electron chi connectivity index (χ3n) is 12.6. The summed E-state index contributed by atoms with van der Waals surface area (Å²) in [5, 5.41) is 3.88. The van der Waals surface area contributed by atoms with E-state index in [1.165, 1.54) is 18.2 Å². The van der Waals surface area contributed by atoms with Crippen LogP contribution in [0.25, 0.3) is 116 Å². The third-order valence-corrected chi connectivity index (χ3v) is 12.6. The van der Waals surface area contributed by atoms with Crippen molar-refractivity contribution in [1.82, 2.24) is 19.1 Å². The van der Waals surface area contributed by atoms with Crippen LogP contribution in [0.2, 0.25) is 0 Å². The van der Waals surface area contributed by atoms with Crippen molar-refractivity contribution < 1.29 is 8.78 Å². The average Bonchev–Trinajstić information content (AvgIpc) is 3.88. The van der Waals surface area contributed by atoms with Crippen molar-refractivity contribution in [3.05, 3.63) is 236 Å². The largest absolute Gasteiger partial charge is 0.319 e. The maximum atomic E-state index is 16.3. The molecule has 0 amide bonds. The molecule has 8 aromatic carbocycles. The van der Waals surface area contributed by atoms with E-state index >= 15 is 8.78 Å². The smallest absolute Gasteiger partial charge is 0.234 e. The van der Waals surface area contributed by atoms with Gasteiger partial charge < -0.3 is 9.13 Å². The van der Waals surface area contributed by atoms with E-state index in [4.69, 9.17) is 6.57 Å². The Morgan fingerprint density at radius 2 is 0.864 bits per heavy atom. The van der Waals surface area contributed by atoms with Gasteiger partial charge in [-0.2, -0.15) is 0 Å². The van der Waals surface area contributed by atoms with E-state index in [2.05, 4.69) is 86.1 Å². The second-order valence-corrected chi connectivity index (χ2v) is 16.3. The molecule has 0 spiro atoms.